The molecule has 2 aliphatic heterocycles. The predicted octanol–water partition coefficient (Wildman–Crippen LogP) is 3.48. The average molecular weight is 419 g/mol. The van der Waals surface area contributed by atoms with Gasteiger partial charge in [0.05, 0.1) is 11.1 Å². The first-order valence-electron chi connectivity index (χ1n) is 10.2. The van der Waals surface area contributed by atoms with Crippen molar-refractivity contribution in [3.63, 3.8) is 0 Å². The SMILES string of the molecule is CC[C@H](C)C1C(=O)O[C@H]2c3cc(C)cc(O)c3C3=C(C(=O)c4c(O)cccc4C3=O)N12. The normalized spacial score (nSPS) is 22.5. The number of fused-ring (bicyclic) bond motifs is 6. The monoisotopic (exact) mass is 419 g/mol. The molecule has 0 spiro atoms. The molecule has 2 N–H and O–H groups in total. The fourth-order valence-corrected chi connectivity index (χ4v) is 4.88. The van der Waals surface area contributed by atoms with Crippen LogP contribution in [0.2, 0.25) is 0 Å². The second kappa shape index (κ2) is 6.44. The summed E-state index contributed by atoms with van der Waals surface area (Å²) < 4.78 is 5.70. The third-order valence-corrected chi connectivity index (χ3v) is 6.46. The van der Waals surface area contributed by atoms with E-state index < -0.39 is 29.8 Å². The van der Waals surface area contributed by atoms with E-state index in [4.69, 9.17) is 4.74 Å². The van der Waals surface area contributed by atoms with Crippen LogP contribution in [0.3, 0.4) is 0 Å². The Kier molecular flexibility index (Phi) is 4.02. The number of Topliss-reactive ketones (excluding diaryl/α,β-unsaturated/α-hetero) is 2. The van der Waals surface area contributed by atoms with Gasteiger partial charge in [0.1, 0.15) is 23.2 Å². The highest BCUT2D eigenvalue weighted by atomic mass is 16.6. The zero-order chi connectivity index (χ0) is 22.2. The summed E-state index contributed by atoms with van der Waals surface area (Å²) in [6.07, 6.45) is -0.281. The number of hydrogen-bond donors (Lipinski definition) is 2. The second-order valence-electron chi connectivity index (χ2n) is 8.36. The molecule has 1 saturated heterocycles. The molecule has 3 aliphatic rings. The van der Waals surface area contributed by atoms with Crippen LogP contribution in [0.5, 0.6) is 11.5 Å². The molecule has 1 fully saturated rings. The first-order valence-corrected chi connectivity index (χ1v) is 10.2. The molecular formula is C24H21NO6. The van der Waals surface area contributed by atoms with Gasteiger partial charge in [0.15, 0.2) is 5.78 Å². The minimum absolute atomic E-state index is 0.00759. The maximum Gasteiger partial charge on any atom is 0.331 e. The minimum atomic E-state index is -0.935. The highest BCUT2D eigenvalue weighted by Crippen LogP contribution is 2.52. The summed E-state index contributed by atoms with van der Waals surface area (Å²) in [6.45, 7) is 5.61. The highest BCUT2D eigenvalue weighted by molar-refractivity contribution is 6.41. The fourth-order valence-electron chi connectivity index (χ4n) is 4.88. The van der Waals surface area contributed by atoms with Crippen molar-refractivity contribution < 1.29 is 29.3 Å². The lowest BCUT2D eigenvalue weighted by atomic mass is 9.77. The summed E-state index contributed by atoms with van der Waals surface area (Å²) in [6, 6.07) is 6.84. The smallest absolute Gasteiger partial charge is 0.331 e. The summed E-state index contributed by atoms with van der Waals surface area (Å²) in [5.41, 5.74) is 1.41. The topological polar surface area (TPSA) is 104 Å². The van der Waals surface area contributed by atoms with Gasteiger partial charge in [-0.1, -0.05) is 32.4 Å². The molecule has 2 aromatic carbocycles. The molecule has 5 rings (SSSR count). The van der Waals surface area contributed by atoms with Crippen LogP contribution in [-0.2, 0) is 9.53 Å². The van der Waals surface area contributed by atoms with Crippen molar-refractivity contribution in [2.45, 2.75) is 39.5 Å². The largest absolute Gasteiger partial charge is 0.507 e. The number of carbonyl (C=O) groups is 3. The Morgan fingerprint density at radius 2 is 1.81 bits per heavy atom. The average Bonchev–Trinajstić information content (AvgIpc) is 3.07. The number of ketones is 2. The molecule has 2 aromatic rings. The van der Waals surface area contributed by atoms with Crippen LogP contribution in [0, 0.1) is 12.8 Å². The Balaban J connectivity index is 1.87. The number of carbonyl (C=O) groups excluding carboxylic acids is 3. The van der Waals surface area contributed by atoms with Crippen LogP contribution in [0.4, 0.5) is 0 Å². The molecular weight excluding hydrogens is 398 g/mol. The van der Waals surface area contributed by atoms with Crippen molar-refractivity contribution in [3.05, 3.63) is 63.8 Å². The summed E-state index contributed by atoms with van der Waals surface area (Å²) in [4.78, 5) is 41.7. The molecule has 1 unspecified atom stereocenters. The van der Waals surface area contributed by atoms with Crippen molar-refractivity contribution in [1.82, 2.24) is 4.90 Å². The summed E-state index contributed by atoms with van der Waals surface area (Å²) in [5, 5.41) is 21.2. The Morgan fingerprint density at radius 1 is 1.06 bits per heavy atom. The number of aromatic hydroxyl groups is 2. The molecule has 7 heteroatoms. The van der Waals surface area contributed by atoms with Gasteiger partial charge in [0.25, 0.3) is 0 Å². The minimum Gasteiger partial charge on any atom is -0.507 e. The van der Waals surface area contributed by atoms with Gasteiger partial charge in [-0.2, -0.15) is 0 Å². The van der Waals surface area contributed by atoms with Crippen LogP contribution >= 0.6 is 0 Å². The van der Waals surface area contributed by atoms with E-state index >= 15 is 0 Å². The number of aryl methyl sites for hydroxylation is 1. The third-order valence-electron chi connectivity index (χ3n) is 6.46. The maximum atomic E-state index is 13.7. The number of nitrogens with zero attached hydrogens (tertiary/aromatic N) is 1. The number of ether oxygens (including phenoxy) is 1. The number of esters is 1. The Bertz CT molecular complexity index is 1230. The van der Waals surface area contributed by atoms with E-state index in [-0.39, 0.29) is 45.4 Å². The number of rotatable bonds is 2. The van der Waals surface area contributed by atoms with Crippen LogP contribution < -0.4 is 0 Å². The molecule has 31 heavy (non-hydrogen) atoms. The van der Waals surface area contributed by atoms with E-state index in [1.165, 1.54) is 24.3 Å². The van der Waals surface area contributed by atoms with E-state index in [1.807, 2.05) is 13.8 Å². The highest BCUT2D eigenvalue weighted by Gasteiger charge is 2.54. The lowest BCUT2D eigenvalue weighted by molar-refractivity contribution is -0.143. The van der Waals surface area contributed by atoms with Crippen molar-refractivity contribution in [3.8, 4) is 11.5 Å². The lowest BCUT2D eigenvalue weighted by Gasteiger charge is -2.39. The number of hydrogen-bond acceptors (Lipinski definition) is 7. The van der Waals surface area contributed by atoms with Crippen molar-refractivity contribution in [1.29, 1.82) is 0 Å². The molecule has 1 aliphatic carbocycles. The van der Waals surface area contributed by atoms with Crippen molar-refractivity contribution >= 4 is 23.1 Å². The first kappa shape index (κ1) is 19.4. The molecule has 0 bridgehead atoms. The van der Waals surface area contributed by atoms with Crippen molar-refractivity contribution in [2.24, 2.45) is 5.92 Å². The van der Waals surface area contributed by atoms with Gasteiger partial charge in [-0.3, -0.25) is 9.59 Å². The number of benzene rings is 2. The van der Waals surface area contributed by atoms with Gasteiger partial charge >= 0.3 is 5.97 Å². The Labute approximate surface area is 178 Å². The van der Waals surface area contributed by atoms with E-state index in [2.05, 4.69) is 0 Å². The molecule has 158 valence electrons. The molecule has 2 heterocycles. The van der Waals surface area contributed by atoms with E-state index in [9.17, 15) is 24.6 Å². The van der Waals surface area contributed by atoms with Crippen molar-refractivity contribution in [2.75, 3.05) is 0 Å². The van der Waals surface area contributed by atoms with Crippen LogP contribution in [0.15, 0.2) is 36.0 Å². The van der Waals surface area contributed by atoms with Gasteiger partial charge in [-0.05, 0) is 36.6 Å². The van der Waals surface area contributed by atoms with E-state index in [1.54, 1.807) is 17.9 Å². The first-order chi connectivity index (χ1) is 14.8. The van der Waals surface area contributed by atoms with Gasteiger partial charge in [-0.25, -0.2) is 4.79 Å². The van der Waals surface area contributed by atoms with Gasteiger partial charge < -0.3 is 19.8 Å². The van der Waals surface area contributed by atoms with Crippen LogP contribution in [0.25, 0.3) is 5.57 Å². The molecule has 0 saturated carbocycles. The standard InChI is InChI=1S/C24H21NO6/c1-4-11(3)19-24(30)31-23-13-8-10(2)9-15(27)16(13)18-20(25(19)23)22(29)17-12(21(18)28)6-5-7-14(17)26/h5-9,11,19,23,26-27H,4H2,1-3H3/t11-,19?,23-/m0/s1. The maximum absolute atomic E-state index is 13.7. The van der Waals surface area contributed by atoms with Gasteiger partial charge in [-0.15, -0.1) is 0 Å². The molecule has 0 radical (unpaired) electrons. The van der Waals surface area contributed by atoms with Gasteiger partial charge in [0.2, 0.25) is 12.0 Å². The third kappa shape index (κ3) is 2.43. The van der Waals surface area contributed by atoms with Crippen LogP contribution in [0.1, 0.15) is 63.9 Å². The zero-order valence-electron chi connectivity index (χ0n) is 17.3. The second-order valence-corrected chi connectivity index (χ2v) is 8.36. The Hall–Kier alpha value is -3.61. The van der Waals surface area contributed by atoms with Gasteiger partial charge in [0, 0.05) is 16.7 Å². The van der Waals surface area contributed by atoms with Crippen LogP contribution in [-0.4, -0.2) is 38.7 Å². The van der Waals surface area contributed by atoms with E-state index in [0.717, 1.165) is 5.56 Å². The summed E-state index contributed by atoms with van der Waals surface area (Å²) in [7, 11) is 0. The summed E-state index contributed by atoms with van der Waals surface area (Å²) in [5.74, 6) is -2.14. The predicted molar refractivity (Wildman–Crippen MR) is 110 cm³/mol. The molecule has 3 atom stereocenters. The van der Waals surface area contributed by atoms with E-state index in [0.29, 0.717) is 12.0 Å². The fraction of sp³-hybridized carbons (Fsp3) is 0.292. The molecule has 7 nitrogen and oxygen atoms in total. The molecule has 0 amide bonds. The number of allylic oxidation sites excluding steroid dienone is 2. The Morgan fingerprint density at radius 3 is 2.52 bits per heavy atom. The zero-order valence-corrected chi connectivity index (χ0v) is 17.3. The molecule has 0 aromatic heterocycles. The number of phenolic OH excluding ortho intramolecular Hbond substituents is 2. The summed E-state index contributed by atoms with van der Waals surface area (Å²) >= 11 is 0. The quantitative estimate of drug-likeness (QED) is 0.718. The number of phenols is 2. The lowest BCUT2D eigenvalue weighted by Crippen LogP contribution is -2.45.